The van der Waals surface area contributed by atoms with Crippen LogP contribution in [0.25, 0.3) is 0 Å². The van der Waals surface area contributed by atoms with Crippen LogP contribution in [0.5, 0.6) is 0 Å². The molecule has 0 aromatic heterocycles. The van der Waals surface area contributed by atoms with Crippen molar-refractivity contribution in [1.82, 2.24) is 0 Å². The molecule has 0 unspecified atom stereocenters. The lowest BCUT2D eigenvalue weighted by Crippen LogP contribution is -2.32. The van der Waals surface area contributed by atoms with E-state index in [0.717, 1.165) is 6.42 Å². The maximum Gasteiger partial charge on any atom is 0.322 e. The molecule has 0 spiro atoms. The molecule has 15 heavy (non-hydrogen) atoms. The van der Waals surface area contributed by atoms with Gasteiger partial charge in [0, 0.05) is 0 Å². The predicted octanol–water partition coefficient (Wildman–Crippen LogP) is 0.0760. The van der Waals surface area contributed by atoms with Gasteiger partial charge in [-0.2, -0.15) is 0 Å². The molecule has 0 aliphatic heterocycles. The second-order valence-electron chi connectivity index (χ2n) is 3.72. The topological polar surface area (TPSA) is 78.6 Å². The van der Waals surface area contributed by atoms with Gasteiger partial charge in [0.25, 0.3) is 0 Å². The molecule has 5 nitrogen and oxygen atoms in total. The van der Waals surface area contributed by atoms with Crippen LogP contribution in [0.15, 0.2) is 0 Å². The first-order valence-corrected chi connectivity index (χ1v) is 5.10. The lowest BCUT2D eigenvalue weighted by Gasteiger charge is -2.08. The van der Waals surface area contributed by atoms with Crippen LogP contribution in [0.4, 0.5) is 0 Å². The number of methoxy groups -OCH3 is 1. The summed E-state index contributed by atoms with van der Waals surface area (Å²) in [4.78, 5) is 22.3. The van der Waals surface area contributed by atoms with Crippen LogP contribution in [-0.4, -0.2) is 31.7 Å². The van der Waals surface area contributed by atoms with Gasteiger partial charge in [0.15, 0.2) is 0 Å². The molecule has 0 aromatic rings. The molecule has 0 aromatic carbocycles. The van der Waals surface area contributed by atoms with E-state index in [1.165, 1.54) is 7.11 Å². The number of hydrogen-bond acceptors (Lipinski definition) is 5. The van der Waals surface area contributed by atoms with Crippen molar-refractivity contribution >= 4 is 11.9 Å². The fourth-order valence-corrected chi connectivity index (χ4v) is 1.62. The molecule has 1 fully saturated rings. The highest BCUT2D eigenvalue weighted by molar-refractivity contribution is 5.77. The van der Waals surface area contributed by atoms with Crippen LogP contribution in [-0.2, 0) is 19.1 Å². The van der Waals surface area contributed by atoms with Crippen LogP contribution >= 0.6 is 0 Å². The van der Waals surface area contributed by atoms with Gasteiger partial charge in [-0.3, -0.25) is 9.59 Å². The molecule has 0 heterocycles. The summed E-state index contributed by atoms with van der Waals surface area (Å²) in [7, 11) is 1.30. The number of esters is 2. The second-order valence-corrected chi connectivity index (χ2v) is 3.72. The average Bonchev–Trinajstić information content (AvgIpc) is 2.96. The third kappa shape index (κ3) is 3.20. The Bertz CT molecular complexity index is 254. The number of rotatable bonds is 5. The first-order valence-electron chi connectivity index (χ1n) is 5.10. The minimum absolute atomic E-state index is 0.0688. The van der Waals surface area contributed by atoms with Crippen LogP contribution in [0.2, 0.25) is 0 Å². The highest BCUT2D eigenvalue weighted by Crippen LogP contribution is 2.42. The molecule has 1 aliphatic rings. The van der Waals surface area contributed by atoms with Crippen LogP contribution in [0, 0.1) is 11.8 Å². The summed E-state index contributed by atoms with van der Waals surface area (Å²) < 4.78 is 9.37. The molecule has 1 rings (SSSR count). The molecule has 1 aliphatic carbocycles. The molecular formula is C10H17NO4. The summed E-state index contributed by atoms with van der Waals surface area (Å²) in [6.07, 6.45) is 1.26. The summed E-state index contributed by atoms with van der Waals surface area (Å²) >= 11 is 0. The number of carbonyl (C=O) groups excluding carboxylic acids is 2. The third-order valence-corrected chi connectivity index (χ3v) is 2.57. The molecule has 2 N–H and O–H groups in total. The number of ether oxygens (including phenoxy) is 2. The maximum atomic E-state index is 11.3. The van der Waals surface area contributed by atoms with Gasteiger partial charge in [-0.05, 0) is 25.7 Å². The Balaban J connectivity index is 2.27. The van der Waals surface area contributed by atoms with Crippen molar-refractivity contribution < 1.29 is 19.1 Å². The van der Waals surface area contributed by atoms with Gasteiger partial charge in [-0.15, -0.1) is 0 Å². The van der Waals surface area contributed by atoms with Gasteiger partial charge < -0.3 is 15.2 Å². The third-order valence-electron chi connectivity index (χ3n) is 2.57. The van der Waals surface area contributed by atoms with Gasteiger partial charge in [0.2, 0.25) is 0 Å². The Kier molecular flexibility index (Phi) is 4.08. The van der Waals surface area contributed by atoms with Gasteiger partial charge >= 0.3 is 11.9 Å². The van der Waals surface area contributed by atoms with Crippen LogP contribution in [0.3, 0.4) is 0 Å². The Labute approximate surface area is 88.9 Å². The van der Waals surface area contributed by atoms with Crippen molar-refractivity contribution in [3.8, 4) is 0 Å². The summed E-state index contributed by atoms with van der Waals surface area (Å²) in [5.74, 6) is -0.497. The van der Waals surface area contributed by atoms with Crippen LogP contribution in [0.1, 0.15) is 19.8 Å². The lowest BCUT2D eigenvalue weighted by atomic mass is 10.1. The van der Waals surface area contributed by atoms with Crippen molar-refractivity contribution in [2.75, 3.05) is 13.7 Å². The fraction of sp³-hybridized carbons (Fsp3) is 0.800. The van der Waals surface area contributed by atoms with Gasteiger partial charge in [0.05, 0.1) is 19.6 Å². The minimum Gasteiger partial charge on any atom is -0.468 e. The van der Waals surface area contributed by atoms with Crippen molar-refractivity contribution in [1.29, 1.82) is 0 Å². The zero-order valence-corrected chi connectivity index (χ0v) is 9.06. The molecule has 0 saturated heterocycles. The Hall–Kier alpha value is -1.10. The van der Waals surface area contributed by atoms with Gasteiger partial charge in [-0.25, -0.2) is 0 Å². The highest BCUT2D eigenvalue weighted by Gasteiger charge is 2.45. The number of nitrogens with two attached hydrogens (primary N) is 1. The molecule has 3 atom stereocenters. The van der Waals surface area contributed by atoms with Crippen LogP contribution < -0.4 is 5.73 Å². The maximum absolute atomic E-state index is 11.3. The van der Waals surface area contributed by atoms with E-state index in [0.29, 0.717) is 13.0 Å². The van der Waals surface area contributed by atoms with E-state index < -0.39 is 12.0 Å². The fourth-order valence-electron chi connectivity index (χ4n) is 1.62. The molecule has 1 saturated carbocycles. The van der Waals surface area contributed by atoms with E-state index in [2.05, 4.69) is 4.74 Å². The van der Waals surface area contributed by atoms with E-state index in [1.807, 2.05) is 0 Å². The predicted molar refractivity (Wildman–Crippen MR) is 52.8 cm³/mol. The van der Waals surface area contributed by atoms with E-state index in [1.54, 1.807) is 6.92 Å². The zero-order chi connectivity index (χ0) is 11.4. The number of hydrogen-bond donors (Lipinski definition) is 1. The smallest absolute Gasteiger partial charge is 0.322 e. The Morgan fingerprint density at radius 3 is 2.73 bits per heavy atom. The molecular weight excluding hydrogens is 198 g/mol. The summed E-state index contributed by atoms with van der Waals surface area (Å²) in [6, 6.07) is -0.626. The van der Waals surface area contributed by atoms with Crippen molar-refractivity contribution in [2.45, 2.75) is 25.8 Å². The molecule has 86 valence electrons. The summed E-state index contributed by atoms with van der Waals surface area (Å²) in [5, 5.41) is 0. The molecule has 0 radical (unpaired) electrons. The van der Waals surface area contributed by atoms with E-state index in [4.69, 9.17) is 10.5 Å². The van der Waals surface area contributed by atoms with Gasteiger partial charge in [0.1, 0.15) is 6.04 Å². The first-order chi connectivity index (χ1) is 7.10. The Morgan fingerprint density at radius 1 is 1.53 bits per heavy atom. The highest BCUT2D eigenvalue weighted by atomic mass is 16.5. The molecule has 0 bridgehead atoms. The quantitative estimate of drug-likeness (QED) is 0.657. The summed E-state index contributed by atoms with van der Waals surface area (Å²) in [5.41, 5.74) is 5.58. The van der Waals surface area contributed by atoms with Gasteiger partial charge in [-0.1, -0.05) is 0 Å². The molecule has 5 heteroatoms. The van der Waals surface area contributed by atoms with E-state index >= 15 is 0 Å². The lowest BCUT2D eigenvalue weighted by molar-refractivity contribution is -0.146. The SMILES string of the molecule is CCOC(=O)[C@@H]1C[C@@H]1C[C@H](N)C(=O)OC. The van der Waals surface area contributed by atoms with Crippen molar-refractivity contribution in [2.24, 2.45) is 17.6 Å². The van der Waals surface area contributed by atoms with E-state index in [-0.39, 0.29) is 17.8 Å². The van der Waals surface area contributed by atoms with Crippen molar-refractivity contribution in [3.05, 3.63) is 0 Å². The molecule has 0 amide bonds. The first kappa shape index (κ1) is 12.0. The monoisotopic (exact) mass is 215 g/mol. The average molecular weight is 215 g/mol. The largest absolute Gasteiger partial charge is 0.468 e. The standard InChI is InChI=1S/C10H17NO4/c1-3-15-9(12)7-4-6(7)5-8(11)10(13)14-2/h6-8H,3-5,11H2,1-2H3/t6-,7-,8+/m1/s1. The van der Waals surface area contributed by atoms with Crippen molar-refractivity contribution in [3.63, 3.8) is 0 Å². The minimum atomic E-state index is -0.626. The van der Waals surface area contributed by atoms with E-state index in [9.17, 15) is 9.59 Å². The summed E-state index contributed by atoms with van der Waals surface area (Å²) in [6.45, 7) is 2.17. The Morgan fingerprint density at radius 2 is 2.20 bits per heavy atom. The normalized spacial score (nSPS) is 25.5. The second kappa shape index (κ2) is 5.11. The number of carbonyl (C=O) groups is 2. The zero-order valence-electron chi connectivity index (χ0n) is 9.06.